The molecule has 26 heavy (non-hydrogen) atoms. The van der Waals surface area contributed by atoms with Gasteiger partial charge in [0, 0.05) is 29.8 Å². The van der Waals surface area contributed by atoms with Crippen LogP contribution in [0.1, 0.15) is 17.2 Å². The second-order valence-corrected chi connectivity index (χ2v) is 6.89. The number of nitrogens with zero attached hydrogens (tertiary/aromatic N) is 4. The van der Waals surface area contributed by atoms with Crippen LogP contribution in [0.5, 0.6) is 0 Å². The van der Waals surface area contributed by atoms with Gasteiger partial charge >= 0.3 is 0 Å². The molecule has 0 unspecified atom stereocenters. The second kappa shape index (κ2) is 5.61. The summed E-state index contributed by atoms with van der Waals surface area (Å²) in [5.41, 5.74) is 3.89. The van der Waals surface area contributed by atoms with Crippen molar-refractivity contribution >= 4 is 22.4 Å². The van der Waals surface area contributed by atoms with Crippen molar-refractivity contribution in [3.05, 3.63) is 70.8 Å². The number of benzene rings is 2. The van der Waals surface area contributed by atoms with Crippen LogP contribution in [-0.2, 0) is 12.8 Å². The molecular formula is C20H14ClFN4. The maximum absolute atomic E-state index is 14.1. The van der Waals surface area contributed by atoms with Gasteiger partial charge < -0.3 is 0 Å². The molecule has 5 rings (SSSR count). The Morgan fingerprint density at radius 1 is 1.08 bits per heavy atom. The molecule has 1 aliphatic rings. The molecule has 128 valence electrons. The molecule has 3 heterocycles. The van der Waals surface area contributed by atoms with E-state index in [1.54, 1.807) is 18.5 Å². The van der Waals surface area contributed by atoms with E-state index >= 15 is 0 Å². The Kier molecular flexibility index (Phi) is 3.34. The Morgan fingerprint density at radius 2 is 1.96 bits per heavy atom. The molecule has 0 bridgehead atoms. The maximum Gasteiger partial charge on any atom is 0.137 e. The topological polar surface area (TPSA) is 43.6 Å². The van der Waals surface area contributed by atoms with Crippen molar-refractivity contribution in [2.24, 2.45) is 0 Å². The molecule has 0 aliphatic carbocycles. The summed E-state index contributed by atoms with van der Waals surface area (Å²) in [6.07, 6.45) is 4.97. The molecule has 2 aromatic heterocycles. The number of pyridine rings is 1. The minimum Gasteiger partial charge on any atom is -0.281 e. The predicted molar refractivity (Wildman–Crippen MR) is 99.2 cm³/mol. The fourth-order valence-electron chi connectivity index (χ4n) is 3.75. The molecule has 0 saturated carbocycles. The SMILES string of the molecule is Cc1nnc2n1-c1c(Cl)cc(-c3cncc4c(F)cccc34)cc1CC2. The molecule has 2 aromatic carbocycles. The van der Waals surface area contributed by atoms with E-state index in [0.717, 1.165) is 52.3 Å². The minimum atomic E-state index is -0.273. The molecule has 0 atom stereocenters. The maximum atomic E-state index is 14.1. The van der Waals surface area contributed by atoms with E-state index in [1.165, 1.54) is 6.07 Å². The Morgan fingerprint density at radius 3 is 2.85 bits per heavy atom. The van der Waals surface area contributed by atoms with Gasteiger partial charge in [-0.15, -0.1) is 10.2 Å². The fraction of sp³-hybridized carbons (Fsp3) is 0.150. The lowest BCUT2D eigenvalue weighted by atomic mass is 9.95. The quantitative estimate of drug-likeness (QED) is 0.492. The van der Waals surface area contributed by atoms with Crippen molar-refractivity contribution < 1.29 is 4.39 Å². The van der Waals surface area contributed by atoms with E-state index in [2.05, 4.69) is 21.2 Å². The Hall–Kier alpha value is -2.79. The molecule has 0 N–H and O–H groups in total. The van der Waals surface area contributed by atoms with Crippen molar-refractivity contribution in [2.75, 3.05) is 0 Å². The largest absolute Gasteiger partial charge is 0.281 e. The summed E-state index contributed by atoms with van der Waals surface area (Å²) in [4.78, 5) is 4.23. The van der Waals surface area contributed by atoms with Crippen LogP contribution in [0.4, 0.5) is 4.39 Å². The first-order valence-electron chi connectivity index (χ1n) is 8.40. The van der Waals surface area contributed by atoms with Gasteiger partial charge in [-0.25, -0.2) is 4.39 Å². The zero-order valence-electron chi connectivity index (χ0n) is 14.0. The standard InChI is InChI=1S/C20H14ClFN4/c1-11-24-25-19-6-5-12-7-13(8-17(21)20(12)26(11)19)15-9-23-10-16-14(15)3-2-4-18(16)22/h2-4,7-10H,5-6H2,1H3. The first-order chi connectivity index (χ1) is 12.6. The highest BCUT2D eigenvalue weighted by Crippen LogP contribution is 2.37. The zero-order chi connectivity index (χ0) is 17.8. The zero-order valence-corrected chi connectivity index (χ0v) is 14.8. The van der Waals surface area contributed by atoms with Gasteiger partial charge in [-0.3, -0.25) is 9.55 Å². The van der Waals surface area contributed by atoms with E-state index < -0.39 is 0 Å². The molecule has 4 aromatic rings. The summed E-state index contributed by atoms with van der Waals surface area (Å²) < 4.78 is 16.1. The fourth-order valence-corrected chi connectivity index (χ4v) is 4.07. The van der Waals surface area contributed by atoms with E-state index in [4.69, 9.17) is 11.6 Å². The van der Waals surface area contributed by atoms with Crippen LogP contribution in [0.3, 0.4) is 0 Å². The number of aryl methyl sites for hydroxylation is 3. The van der Waals surface area contributed by atoms with Gasteiger partial charge in [-0.2, -0.15) is 0 Å². The van der Waals surface area contributed by atoms with Crippen LogP contribution in [-0.4, -0.2) is 19.7 Å². The van der Waals surface area contributed by atoms with Gasteiger partial charge in [0.25, 0.3) is 0 Å². The third-order valence-electron chi connectivity index (χ3n) is 4.94. The van der Waals surface area contributed by atoms with Crippen LogP contribution in [0, 0.1) is 12.7 Å². The van der Waals surface area contributed by atoms with Gasteiger partial charge in [0.1, 0.15) is 17.5 Å². The van der Waals surface area contributed by atoms with Gasteiger partial charge in [-0.05, 0) is 48.1 Å². The Bertz CT molecular complexity index is 1180. The van der Waals surface area contributed by atoms with Gasteiger partial charge in [-0.1, -0.05) is 23.7 Å². The van der Waals surface area contributed by atoms with E-state index in [9.17, 15) is 4.39 Å². The van der Waals surface area contributed by atoms with Crippen LogP contribution in [0.15, 0.2) is 42.7 Å². The average Bonchev–Trinajstić information content (AvgIpc) is 3.02. The molecule has 0 fully saturated rings. The lowest BCUT2D eigenvalue weighted by Crippen LogP contribution is -2.14. The first-order valence-corrected chi connectivity index (χ1v) is 8.77. The molecular weight excluding hydrogens is 351 g/mol. The van der Waals surface area contributed by atoms with Crippen molar-refractivity contribution in [1.29, 1.82) is 0 Å². The molecule has 1 aliphatic heterocycles. The molecule has 6 heteroatoms. The third kappa shape index (κ3) is 2.17. The van der Waals surface area contributed by atoms with Crippen molar-refractivity contribution in [3.8, 4) is 16.8 Å². The highest BCUT2D eigenvalue weighted by Gasteiger charge is 2.23. The van der Waals surface area contributed by atoms with E-state index in [-0.39, 0.29) is 5.82 Å². The smallest absolute Gasteiger partial charge is 0.137 e. The second-order valence-electron chi connectivity index (χ2n) is 6.49. The predicted octanol–water partition coefficient (Wildman–Crippen LogP) is 4.68. The number of hydrogen-bond acceptors (Lipinski definition) is 3. The summed E-state index contributed by atoms with van der Waals surface area (Å²) in [5.74, 6) is 1.48. The van der Waals surface area contributed by atoms with Crippen molar-refractivity contribution in [2.45, 2.75) is 19.8 Å². The van der Waals surface area contributed by atoms with Crippen LogP contribution in [0.2, 0.25) is 5.02 Å². The van der Waals surface area contributed by atoms with Gasteiger partial charge in [0.05, 0.1) is 10.7 Å². The summed E-state index contributed by atoms with van der Waals surface area (Å²) in [5, 5.41) is 10.4. The number of fused-ring (bicyclic) bond motifs is 4. The summed E-state index contributed by atoms with van der Waals surface area (Å²) >= 11 is 6.67. The normalized spacial score (nSPS) is 12.9. The highest BCUT2D eigenvalue weighted by molar-refractivity contribution is 6.33. The number of rotatable bonds is 1. The minimum absolute atomic E-state index is 0.273. The molecule has 0 spiro atoms. The Labute approximate surface area is 154 Å². The molecule has 0 saturated heterocycles. The van der Waals surface area contributed by atoms with Crippen LogP contribution < -0.4 is 0 Å². The lowest BCUT2D eigenvalue weighted by Gasteiger charge is -2.21. The Balaban J connectivity index is 1.76. The molecule has 4 nitrogen and oxygen atoms in total. The van der Waals surface area contributed by atoms with E-state index in [1.807, 2.05) is 23.6 Å². The van der Waals surface area contributed by atoms with Gasteiger partial charge in [0.2, 0.25) is 0 Å². The van der Waals surface area contributed by atoms with Crippen molar-refractivity contribution in [3.63, 3.8) is 0 Å². The summed E-state index contributed by atoms with van der Waals surface area (Å²) in [6, 6.07) is 9.10. The number of hydrogen-bond donors (Lipinski definition) is 0. The highest BCUT2D eigenvalue weighted by atomic mass is 35.5. The van der Waals surface area contributed by atoms with Crippen molar-refractivity contribution in [1.82, 2.24) is 19.7 Å². The lowest BCUT2D eigenvalue weighted by molar-refractivity contribution is 0.639. The number of aromatic nitrogens is 4. The molecule has 0 amide bonds. The molecule has 0 radical (unpaired) electrons. The van der Waals surface area contributed by atoms with E-state index in [0.29, 0.717) is 10.4 Å². The first kappa shape index (κ1) is 15.5. The summed E-state index contributed by atoms with van der Waals surface area (Å²) in [6.45, 7) is 1.92. The monoisotopic (exact) mass is 364 g/mol. The number of halogens is 2. The summed E-state index contributed by atoms with van der Waals surface area (Å²) in [7, 11) is 0. The van der Waals surface area contributed by atoms with Crippen LogP contribution >= 0.6 is 11.6 Å². The van der Waals surface area contributed by atoms with Crippen LogP contribution in [0.25, 0.3) is 27.6 Å². The third-order valence-corrected chi connectivity index (χ3v) is 5.23. The average molecular weight is 365 g/mol. The van der Waals surface area contributed by atoms with Gasteiger partial charge in [0.15, 0.2) is 0 Å².